The smallest absolute Gasteiger partial charge is 0.216 e. The Bertz CT molecular complexity index is 2520. The number of pyridine rings is 4. The van der Waals surface area contributed by atoms with E-state index >= 15 is 0 Å². The SMILES string of the molecule is [2H]C([2H])([2H])c1c[c-]c(-c2ccc(C([2H])([2H])[2H])cn2)cc1.[2H]C([2H])([2H])c1ccc2c(n1)oc1c(-c3cc(-c4cccc5ncccc45)ccn3)[c-]ccc12.[Ir]. The van der Waals surface area contributed by atoms with Crippen LogP contribution in [-0.2, 0) is 20.1 Å². The van der Waals surface area contributed by atoms with E-state index in [1.807, 2.05) is 42.5 Å². The van der Waals surface area contributed by atoms with Gasteiger partial charge in [-0.3, -0.25) is 4.98 Å². The van der Waals surface area contributed by atoms with Crippen LogP contribution in [0.5, 0.6) is 0 Å². The number of hydrogen-bond donors (Lipinski definition) is 0. The molecule has 5 heterocycles. The zero-order valence-corrected chi connectivity index (χ0v) is 25.9. The largest absolute Gasteiger partial charge is 0.486 e. The van der Waals surface area contributed by atoms with Crippen LogP contribution in [0.25, 0.3) is 66.6 Å². The van der Waals surface area contributed by atoms with E-state index in [-0.39, 0.29) is 42.6 Å². The molecule has 0 atom stereocenters. The standard InChI is InChI=1S/C26H16N3O.C13H12N.Ir/c1-16-10-11-21-20-6-2-7-22(25(20)30-26(21)29-16)24-15-17(12-14-28-24)18-5-3-9-23-19(18)8-4-13-27-23;1-10-3-6-12(7-4-10)13-8-5-11(2)9-14-13;/h2-6,8-15H,1H3;3-6,8-9H,1-2H3;/q2*-1;/i1D3;1D3,2D3;. The number of fused-ring (bicyclic) bond motifs is 4. The first-order valence-corrected chi connectivity index (χ1v) is 13.7. The fraction of sp³-hybridized carbons (Fsp3) is 0.0769. The maximum absolute atomic E-state index is 7.63. The first-order chi connectivity index (χ1) is 25.2. The molecule has 0 amide bonds. The zero-order valence-electron chi connectivity index (χ0n) is 32.5. The summed E-state index contributed by atoms with van der Waals surface area (Å²) in [5.41, 5.74) is 6.80. The summed E-state index contributed by atoms with van der Waals surface area (Å²) in [6.07, 6.45) is 4.85. The molecule has 0 saturated heterocycles. The van der Waals surface area contributed by atoms with Gasteiger partial charge < -0.3 is 14.4 Å². The molecule has 5 aromatic heterocycles. The van der Waals surface area contributed by atoms with Crippen molar-refractivity contribution in [2.24, 2.45) is 0 Å². The van der Waals surface area contributed by atoms with E-state index in [4.69, 9.17) is 16.8 Å². The summed E-state index contributed by atoms with van der Waals surface area (Å²) in [7, 11) is 0. The van der Waals surface area contributed by atoms with Crippen molar-refractivity contribution in [2.75, 3.05) is 0 Å². The summed E-state index contributed by atoms with van der Waals surface area (Å²) in [6.45, 7) is -6.64. The van der Waals surface area contributed by atoms with Gasteiger partial charge in [0.25, 0.3) is 0 Å². The predicted octanol–water partition coefficient (Wildman–Crippen LogP) is 9.53. The Morgan fingerprint density at radius 3 is 2.47 bits per heavy atom. The first kappa shape index (κ1) is 20.8. The monoisotopic (exact) mass is 770 g/mol. The van der Waals surface area contributed by atoms with Crippen LogP contribution in [0, 0.1) is 32.7 Å². The van der Waals surface area contributed by atoms with Crippen LogP contribution in [0.15, 0.2) is 120 Å². The summed E-state index contributed by atoms with van der Waals surface area (Å²) >= 11 is 0. The van der Waals surface area contributed by atoms with E-state index in [1.54, 1.807) is 30.6 Å². The minimum absolute atomic E-state index is 0. The minimum Gasteiger partial charge on any atom is -0.486 e. The van der Waals surface area contributed by atoms with Crippen molar-refractivity contribution in [3.63, 3.8) is 0 Å². The molecular formula is C39H28IrN4O-2. The van der Waals surface area contributed by atoms with Gasteiger partial charge in [-0.15, -0.1) is 53.6 Å². The minimum atomic E-state index is -2.30. The van der Waals surface area contributed by atoms with Gasteiger partial charge >= 0.3 is 0 Å². The fourth-order valence-electron chi connectivity index (χ4n) is 5.04. The van der Waals surface area contributed by atoms with Crippen molar-refractivity contribution in [1.82, 2.24) is 19.9 Å². The molecule has 221 valence electrons. The molecule has 1 radical (unpaired) electrons. The third-order valence-corrected chi connectivity index (χ3v) is 7.12. The molecule has 8 aromatic rings. The van der Waals surface area contributed by atoms with Gasteiger partial charge in [-0.2, -0.15) is 0 Å². The maximum Gasteiger partial charge on any atom is 0.216 e. The molecule has 8 rings (SSSR count). The van der Waals surface area contributed by atoms with Crippen LogP contribution in [0.1, 0.15) is 29.2 Å². The van der Waals surface area contributed by atoms with Crippen LogP contribution in [0.2, 0.25) is 0 Å². The third kappa shape index (κ3) is 6.16. The van der Waals surface area contributed by atoms with Gasteiger partial charge in [-0.1, -0.05) is 54.2 Å². The van der Waals surface area contributed by atoms with Gasteiger partial charge in [0, 0.05) is 67.5 Å². The van der Waals surface area contributed by atoms with E-state index in [0.717, 1.165) is 32.8 Å². The molecule has 45 heavy (non-hydrogen) atoms. The van der Waals surface area contributed by atoms with Gasteiger partial charge in [0.1, 0.15) is 0 Å². The summed E-state index contributed by atoms with van der Waals surface area (Å²) < 4.78 is 72.6. The topological polar surface area (TPSA) is 64.7 Å². The second-order valence-electron chi connectivity index (χ2n) is 9.98. The Hall–Kier alpha value is -5.03. The van der Waals surface area contributed by atoms with Crippen LogP contribution >= 0.6 is 0 Å². The third-order valence-electron chi connectivity index (χ3n) is 7.12. The quantitative estimate of drug-likeness (QED) is 0.168. The average molecular weight is 770 g/mol. The fourth-order valence-corrected chi connectivity index (χ4v) is 5.04. The molecule has 3 aromatic carbocycles. The Morgan fingerprint density at radius 2 is 1.64 bits per heavy atom. The number of rotatable bonds is 3. The van der Waals surface area contributed by atoms with E-state index in [9.17, 15) is 0 Å². The molecule has 0 aliphatic heterocycles. The molecule has 0 spiro atoms. The Labute approximate surface area is 288 Å². The number of hydrogen-bond acceptors (Lipinski definition) is 5. The molecule has 0 unspecified atom stereocenters. The van der Waals surface area contributed by atoms with Crippen LogP contribution in [0.4, 0.5) is 0 Å². The van der Waals surface area contributed by atoms with Crippen molar-refractivity contribution < 1.29 is 36.9 Å². The first-order valence-electron chi connectivity index (χ1n) is 18.2. The molecule has 0 N–H and O–H groups in total. The van der Waals surface area contributed by atoms with Crippen molar-refractivity contribution in [3.05, 3.63) is 145 Å². The number of nitrogens with zero attached hydrogens (tertiary/aromatic N) is 4. The van der Waals surface area contributed by atoms with E-state index in [1.165, 1.54) is 30.5 Å². The van der Waals surface area contributed by atoms with Gasteiger partial charge in [-0.25, -0.2) is 4.98 Å². The Morgan fingerprint density at radius 1 is 0.711 bits per heavy atom. The van der Waals surface area contributed by atoms with Crippen LogP contribution < -0.4 is 0 Å². The molecule has 6 heteroatoms. The second-order valence-corrected chi connectivity index (χ2v) is 9.98. The van der Waals surface area contributed by atoms with Crippen LogP contribution in [0.3, 0.4) is 0 Å². The Kier molecular flexibility index (Phi) is 5.98. The molecule has 0 fully saturated rings. The molecular weight excluding hydrogens is 733 g/mol. The summed E-state index contributed by atoms with van der Waals surface area (Å²) in [4.78, 5) is 17.4. The van der Waals surface area contributed by atoms with Crippen molar-refractivity contribution in [1.29, 1.82) is 0 Å². The number of furan rings is 1. The number of aryl methyl sites for hydroxylation is 3. The number of aromatic nitrogens is 4. The molecule has 0 aliphatic carbocycles. The van der Waals surface area contributed by atoms with Gasteiger partial charge in [0.05, 0.1) is 11.1 Å². The van der Waals surface area contributed by atoms with E-state index < -0.39 is 20.6 Å². The normalized spacial score (nSPS) is 14.6. The van der Waals surface area contributed by atoms with Crippen molar-refractivity contribution in [2.45, 2.75) is 20.6 Å². The zero-order chi connectivity index (χ0) is 37.5. The molecule has 0 bridgehead atoms. The average Bonchev–Trinajstić information content (AvgIpc) is 3.52. The summed E-state index contributed by atoms with van der Waals surface area (Å²) in [5.74, 6) is 0. The van der Waals surface area contributed by atoms with Crippen molar-refractivity contribution >= 4 is 33.0 Å². The summed E-state index contributed by atoms with van der Waals surface area (Å²) in [5, 5.41) is 2.65. The van der Waals surface area contributed by atoms with E-state index in [2.05, 4.69) is 44.2 Å². The number of benzene rings is 3. The summed E-state index contributed by atoms with van der Waals surface area (Å²) in [6, 6.07) is 34.7. The van der Waals surface area contributed by atoms with E-state index in [0.29, 0.717) is 28.1 Å². The molecule has 0 saturated carbocycles. The van der Waals surface area contributed by atoms with Crippen molar-refractivity contribution in [3.8, 4) is 33.6 Å². The van der Waals surface area contributed by atoms with Gasteiger partial charge in [-0.05, 0) is 72.1 Å². The van der Waals surface area contributed by atoms with Gasteiger partial charge in [0.15, 0.2) is 0 Å². The van der Waals surface area contributed by atoms with Crippen LogP contribution in [-0.4, -0.2) is 19.9 Å². The Balaban J connectivity index is 0.000000205. The predicted molar refractivity (Wildman–Crippen MR) is 177 cm³/mol. The molecule has 0 aliphatic rings. The molecule has 5 nitrogen and oxygen atoms in total. The maximum atomic E-state index is 7.63. The van der Waals surface area contributed by atoms with Gasteiger partial charge in [0.2, 0.25) is 5.71 Å². The second kappa shape index (κ2) is 12.9.